The highest BCUT2D eigenvalue weighted by Gasteiger charge is 2.36. The zero-order valence-electron chi connectivity index (χ0n) is 13.9. The third kappa shape index (κ3) is 4.11. The van der Waals surface area contributed by atoms with Crippen LogP contribution < -0.4 is 0 Å². The van der Waals surface area contributed by atoms with Gasteiger partial charge in [-0.05, 0) is 48.9 Å². The number of hydrogen-bond donors (Lipinski definition) is 0. The maximum absolute atomic E-state index is 13.1. The molecule has 0 aliphatic carbocycles. The van der Waals surface area contributed by atoms with E-state index in [0.29, 0.717) is 11.3 Å². The summed E-state index contributed by atoms with van der Waals surface area (Å²) >= 11 is 0. The Kier molecular flexibility index (Phi) is 5.08. The minimum atomic E-state index is -4.39. The highest BCUT2D eigenvalue weighted by Crippen LogP contribution is 2.26. The second-order valence-electron chi connectivity index (χ2n) is 5.80. The Labute approximate surface area is 147 Å². The molecule has 1 heterocycles. The van der Waals surface area contributed by atoms with E-state index in [4.69, 9.17) is 4.74 Å². The number of alkyl halides is 3. The van der Waals surface area contributed by atoms with Gasteiger partial charge >= 0.3 is 6.18 Å². The monoisotopic (exact) mass is 364 g/mol. The predicted octanol–water partition coefficient (Wildman–Crippen LogP) is 5.15. The molecular weight excluding hydrogens is 348 g/mol. The van der Waals surface area contributed by atoms with Crippen molar-refractivity contribution in [2.45, 2.75) is 25.8 Å². The van der Waals surface area contributed by atoms with Crippen molar-refractivity contribution in [3.05, 3.63) is 72.2 Å². The summed E-state index contributed by atoms with van der Waals surface area (Å²) in [6.45, 7) is 0.826. The summed E-state index contributed by atoms with van der Waals surface area (Å²) in [5.41, 5.74) is 2.80. The Morgan fingerprint density at radius 1 is 1.08 bits per heavy atom. The molecule has 0 saturated carbocycles. The standard InChI is InChI=1S/C19H16F4N2O/c1-13(19(21,22)23)26-12-14-3-2-4-15(11-14)18-9-10-24-25(18)17-7-5-16(20)6-8-17/h2-11,13H,12H2,1H3/t13-/m1/s1. The van der Waals surface area contributed by atoms with Crippen molar-refractivity contribution in [3.8, 4) is 16.9 Å². The molecule has 0 aliphatic heterocycles. The van der Waals surface area contributed by atoms with Crippen molar-refractivity contribution in [2.24, 2.45) is 0 Å². The summed E-state index contributed by atoms with van der Waals surface area (Å²) in [4.78, 5) is 0. The average Bonchev–Trinajstić information content (AvgIpc) is 3.09. The molecule has 0 spiro atoms. The van der Waals surface area contributed by atoms with E-state index in [1.54, 1.807) is 47.3 Å². The van der Waals surface area contributed by atoms with E-state index in [1.807, 2.05) is 6.07 Å². The Bertz CT molecular complexity index is 872. The molecule has 136 valence electrons. The van der Waals surface area contributed by atoms with Gasteiger partial charge < -0.3 is 4.74 Å². The van der Waals surface area contributed by atoms with Crippen molar-refractivity contribution in [2.75, 3.05) is 0 Å². The van der Waals surface area contributed by atoms with Gasteiger partial charge in [-0.3, -0.25) is 0 Å². The third-order valence-corrected chi connectivity index (χ3v) is 3.90. The summed E-state index contributed by atoms with van der Waals surface area (Å²) in [5.74, 6) is -0.347. The normalized spacial score (nSPS) is 13.0. The molecule has 3 rings (SSSR count). The summed E-state index contributed by atoms with van der Waals surface area (Å²) in [5, 5.41) is 4.24. The molecular formula is C19H16F4N2O. The van der Waals surface area contributed by atoms with Crippen LogP contribution in [0.15, 0.2) is 60.8 Å². The van der Waals surface area contributed by atoms with E-state index in [0.717, 1.165) is 18.2 Å². The van der Waals surface area contributed by atoms with Crippen LogP contribution in [0.3, 0.4) is 0 Å². The van der Waals surface area contributed by atoms with Crippen LogP contribution >= 0.6 is 0 Å². The molecule has 26 heavy (non-hydrogen) atoms. The molecule has 0 fully saturated rings. The Hall–Kier alpha value is -2.67. The smallest absolute Gasteiger partial charge is 0.364 e. The molecule has 0 amide bonds. The molecule has 1 aromatic heterocycles. The Balaban J connectivity index is 1.83. The first-order chi connectivity index (χ1) is 12.3. The molecule has 0 unspecified atom stereocenters. The van der Waals surface area contributed by atoms with Gasteiger partial charge in [0.25, 0.3) is 0 Å². The lowest BCUT2D eigenvalue weighted by Crippen LogP contribution is -2.28. The molecule has 2 aromatic carbocycles. The summed E-state index contributed by atoms with van der Waals surface area (Å²) in [7, 11) is 0. The van der Waals surface area contributed by atoms with E-state index in [-0.39, 0.29) is 12.4 Å². The van der Waals surface area contributed by atoms with Gasteiger partial charge in [0.2, 0.25) is 0 Å². The molecule has 3 nitrogen and oxygen atoms in total. The van der Waals surface area contributed by atoms with Gasteiger partial charge in [-0.1, -0.05) is 18.2 Å². The lowest BCUT2D eigenvalue weighted by molar-refractivity contribution is -0.217. The SMILES string of the molecule is C[C@@H](OCc1cccc(-c2ccnn2-c2ccc(F)cc2)c1)C(F)(F)F. The van der Waals surface area contributed by atoms with E-state index in [1.165, 1.54) is 12.1 Å². The highest BCUT2D eigenvalue weighted by atomic mass is 19.4. The molecule has 0 radical (unpaired) electrons. The van der Waals surface area contributed by atoms with Crippen LogP contribution in [0.25, 0.3) is 16.9 Å². The fraction of sp³-hybridized carbons (Fsp3) is 0.211. The van der Waals surface area contributed by atoms with Crippen LogP contribution in [0.2, 0.25) is 0 Å². The molecule has 0 N–H and O–H groups in total. The Morgan fingerprint density at radius 2 is 1.81 bits per heavy atom. The van der Waals surface area contributed by atoms with E-state index in [2.05, 4.69) is 5.10 Å². The average molecular weight is 364 g/mol. The number of nitrogens with zero attached hydrogens (tertiary/aromatic N) is 2. The fourth-order valence-electron chi connectivity index (χ4n) is 2.45. The van der Waals surface area contributed by atoms with Crippen molar-refractivity contribution in [1.29, 1.82) is 0 Å². The summed E-state index contributed by atoms with van der Waals surface area (Å²) in [6.07, 6.45) is -4.62. The molecule has 1 atom stereocenters. The van der Waals surface area contributed by atoms with Gasteiger partial charge in [-0.15, -0.1) is 0 Å². The van der Waals surface area contributed by atoms with Crippen LogP contribution in [0.4, 0.5) is 17.6 Å². The second kappa shape index (κ2) is 7.29. The summed E-state index contributed by atoms with van der Waals surface area (Å²) < 4.78 is 57.3. The topological polar surface area (TPSA) is 27.1 Å². The minimum Gasteiger partial charge on any atom is -0.364 e. The first kappa shape index (κ1) is 18.1. The number of benzene rings is 2. The number of aromatic nitrogens is 2. The van der Waals surface area contributed by atoms with Crippen LogP contribution in [-0.2, 0) is 11.3 Å². The van der Waals surface area contributed by atoms with Gasteiger partial charge in [0.1, 0.15) is 5.82 Å². The second-order valence-corrected chi connectivity index (χ2v) is 5.80. The van der Waals surface area contributed by atoms with E-state index >= 15 is 0 Å². The maximum Gasteiger partial charge on any atom is 0.414 e. The number of hydrogen-bond acceptors (Lipinski definition) is 2. The minimum absolute atomic E-state index is 0.154. The first-order valence-corrected chi connectivity index (χ1v) is 7.92. The Morgan fingerprint density at radius 3 is 2.50 bits per heavy atom. The molecule has 0 aliphatic rings. The predicted molar refractivity (Wildman–Crippen MR) is 89.3 cm³/mol. The van der Waals surface area contributed by atoms with Crippen molar-refractivity contribution in [3.63, 3.8) is 0 Å². The zero-order valence-corrected chi connectivity index (χ0v) is 13.9. The van der Waals surface area contributed by atoms with Gasteiger partial charge in [-0.25, -0.2) is 9.07 Å². The van der Waals surface area contributed by atoms with Crippen molar-refractivity contribution in [1.82, 2.24) is 9.78 Å². The molecule has 0 bridgehead atoms. The lowest BCUT2D eigenvalue weighted by Gasteiger charge is -2.16. The molecule has 3 aromatic rings. The van der Waals surface area contributed by atoms with Gasteiger partial charge in [0, 0.05) is 5.56 Å². The largest absolute Gasteiger partial charge is 0.414 e. The third-order valence-electron chi connectivity index (χ3n) is 3.90. The van der Waals surface area contributed by atoms with E-state index < -0.39 is 12.3 Å². The summed E-state index contributed by atoms with van der Waals surface area (Å²) in [6, 6.07) is 14.7. The number of halogens is 4. The first-order valence-electron chi connectivity index (χ1n) is 7.92. The molecule has 7 heteroatoms. The van der Waals surface area contributed by atoms with Crippen LogP contribution in [0, 0.1) is 5.82 Å². The maximum atomic E-state index is 13.1. The van der Waals surface area contributed by atoms with Gasteiger partial charge in [0.05, 0.1) is 24.2 Å². The van der Waals surface area contributed by atoms with Gasteiger partial charge in [-0.2, -0.15) is 18.3 Å². The van der Waals surface area contributed by atoms with Gasteiger partial charge in [0.15, 0.2) is 6.10 Å². The molecule has 0 saturated heterocycles. The lowest BCUT2D eigenvalue weighted by atomic mass is 10.1. The van der Waals surface area contributed by atoms with Crippen molar-refractivity contribution >= 4 is 0 Å². The van der Waals surface area contributed by atoms with E-state index in [9.17, 15) is 17.6 Å². The number of rotatable bonds is 5. The number of ether oxygens (including phenoxy) is 1. The quantitative estimate of drug-likeness (QED) is 0.586. The van der Waals surface area contributed by atoms with Crippen LogP contribution in [0.5, 0.6) is 0 Å². The van der Waals surface area contributed by atoms with Crippen molar-refractivity contribution < 1.29 is 22.3 Å². The zero-order chi connectivity index (χ0) is 18.7. The van der Waals surface area contributed by atoms with Crippen LogP contribution in [-0.4, -0.2) is 22.1 Å². The van der Waals surface area contributed by atoms with Crippen LogP contribution in [0.1, 0.15) is 12.5 Å². The highest BCUT2D eigenvalue weighted by molar-refractivity contribution is 5.62. The fourth-order valence-corrected chi connectivity index (χ4v) is 2.45.